The number of aromatic nitrogens is 1. The maximum atomic E-state index is 12.5. The summed E-state index contributed by atoms with van der Waals surface area (Å²) in [5.41, 5.74) is 1.79. The lowest BCUT2D eigenvalue weighted by Gasteiger charge is -2.19. The Hall–Kier alpha value is -2.67. The van der Waals surface area contributed by atoms with Crippen molar-refractivity contribution in [2.75, 3.05) is 0 Å². The Kier molecular flexibility index (Phi) is 5.67. The van der Waals surface area contributed by atoms with Gasteiger partial charge in [0.05, 0.1) is 23.2 Å². The van der Waals surface area contributed by atoms with Crippen molar-refractivity contribution in [1.82, 2.24) is 10.3 Å². The maximum absolute atomic E-state index is 12.5. The van der Waals surface area contributed by atoms with Crippen LogP contribution in [0.3, 0.4) is 0 Å². The molecule has 1 unspecified atom stereocenters. The van der Waals surface area contributed by atoms with E-state index in [4.69, 9.17) is 5.26 Å². The summed E-state index contributed by atoms with van der Waals surface area (Å²) in [5.74, 6) is -0.220. The number of nitrogens with one attached hydrogen (secondary N) is 1. The SMILES string of the molecule is CCCCC(NC(=O)c1ccccc1C#N)c1cccnc1. The number of amides is 1. The van der Waals surface area contributed by atoms with Gasteiger partial charge in [-0.25, -0.2) is 0 Å². The summed E-state index contributed by atoms with van der Waals surface area (Å²) in [5, 5.41) is 12.1. The van der Waals surface area contributed by atoms with Gasteiger partial charge in [0.25, 0.3) is 5.91 Å². The van der Waals surface area contributed by atoms with E-state index in [1.807, 2.05) is 12.1 Å². The van der Waals surface area contributed by atoms with E-state index in [0.29, 0.717) is 11.1 Å². The molecule has 0 aliphatic carbocycles. The smallest absolute Gasteiger partial charge is 0.253 e. The number of unbranched alkanes of at least 4 members (excludes halogenated alkanes) is 1. The molecule has 0 aliphatic rings. The molecule has 22 heavy (non-hydrogen) atoms. The summed E-state index contributed by atoms with van der Waals surface area (Å²) >= 11 is 0. The summed E-state index contributed by atoms with van der Waals surface area (Å²) in [4.78, 5) is 16.6. The minimum absolute atomic E-state index is 0.0899. The first-order valence-electron chi connectivity index (χ1n) is 7.46. The van der Waals surface area contributed by atoms with Crippen LogP contribution in [0.5, 0.6) is 0 Å². The molecule has 1 atom stereocenters. The van der Waals surface area contributed by atoms with E-state index in [0.717, 1.165) is 24.8 Å². The summed E-state index contributed by atoms with van der Waals surface area (Å²) < 4.78 is 0. The van der Waals surface area contributed by atoms with Crippen molar-refractivity contribution >= 4 is 5.91 Å². The molecule has 2 aromatic rings. The van der Waals surface area contributed by atoms with Gasteiger partial charge in [0, 0.05) is 12.4 Å². The monoisotopic (exact) mass is 293 g/mol. The largest absolute Gasteiger partial charge is 0.345 e. The van der Waals surface area contributed by atoms with Crippen LogP contribution >= 0.6 is 0 Å². The lowest BCUT2D eigenvalue weighted by molar-refractivity contribution is 0.0934. The van der Waals surface area contributed by atoms with Gasteiger partial charge in [-0.05, 0) is 30.2 Å². The summed E-state index contributed by atoms with van der Waals surface area (Å²) in [7, 11) is 0. The number of hydrogen-bond acceptors (Lipinski definition) is 3. The lowest BCUT2D eigenvalue weighted by Crippen LogP contribution is -2.29. The van der Waals surface area contributed by atoms with Gasteiger partial charge in [0.2, 0.25) is 0 Å². The molecule has 0 spiro atoms. The van der Waals surface area contributed by atoms with Crippen molar-refractivity contribution in [3.63, 3.8) is 0 Å². The average Bonchev–Trinajstić information content (AvgIpc) is 2.59. The zero-order valence-corrected chi connectivity index (χ0v) is 12.6. The Balaban J connectivity index is 2.20. The van der Waals surface area contributed by atoms with E-state index in [1.165, 1.54) is 0 Å². The highest BCUT2D eigenvalue weighted by Gasteiger charge is 2.17. The van der Waals surface area contributed by atoms with E-state index in [2.05, 4.69) is 23.3 Å². The molecule has 1 aromatic carbocycles. The Morgan fingerprint density at radius 1 is 1.32 bits per heavy atom. The Morgan fingerprint density at radius 2 is 2.14 bits per heavy atom. The third-order valence-electron chi connectivity index (χ3n) is 3.53. The van der Waals surface area contributed by atoms with Crippen LogP contribution in [-0.4, -0.2) is 10.9 Å². The fourth-order valence-electron chi connectivity index (χ4n) is 2.33. The molecular weight excluding hydrogens is 274 g/mol. The molecule has 0 aliphatic heterocycles. The molecule has 1 amide bonds. The van der Waals surface area contributed by atoms with Crippen LogP contribution in [0.1, 0.15) is 53.7 Å². The number of pyridine rings is 1. The van der Waals surface area contributed by atoms with Crippen molar-refractivity contribution in [2.24, 2.45) is 0 Å². The molecule has 1 N–H and O–H groups in total. The highest BCUT2D eigenvalue weighted by molar-refractivity contribution is 5.96. The van der Waals surface area contributed by atoms with Crippen LogP contribution in [0.25, 0.3) is 0 Å². The molecule has 0 fully saturated rings. The number of carbonyl (C=O) groups excluding carboxylic acids is 1. The van der Waals surface area contributed by atoms with Crippen LogP contribution in [0.15, 0.2) is 48.8 Å². The molecular formula is C18H19N3O. The number of carbonyl (C=O) groups is 1. The molecule has 0 saturated carbocycles. The molecule has 0 radical (unpaired) electrons. The fourth-order valence-corrected chi connectivity index (χ4v) is 2.33. The standard InChI is InChI=1S/C18H19N3O/c1-2-3-10-17(15-8-6-11-20-13-15)21-18(22)16-9-5-4-7-14(16)12-19/h4-9,11,13,17H,2-3,10H2,1H3,(H,21,22). The van der Waals surface area contributed by atoms with Crippen LogP contribution in [0.4, 0.5) is 0 Å². The molecule has 0 bridgehead atoms. The van der Waals surface area contributed by atoms with Crippen molar-refractivity contribution in [1.29, 1.82) is 5.26 Å². The highest BCUT2D eigenvalue weighted by Crippen LogP contribution is 2.19. The van der Waals surface area contributed by atoms with Gasteiger partial charge in [-0.2, -0.15) is 5.26 Å². The van der Waals surface area contributed by atoms with Crippen molar-refractivity contribution < 1.29 is 4.79 Å². The summed E-state index contributed by atoms with van der Waals surface area (Å²) in [6.45, 7) is 2.12. The zero-order valence-electron chi connectivity index (χ0n) is 12.6. The van der Waals surface area contributed by atoms with Crippen molar-refractivity contribution in [2.45, 2.75) is 32.2 Å². The van der Waals surface area contributed by atoms with Gasteiger partial charge < -0.3 is 5.32 Å². The second-order valence-electron chi connectivity index (χ2n) is 5.11. The van der Waals surface area contributed by atoms with E-state index < -0.39 is 0 Å². The topological polar surface area (TPSA) is 65.8 Å². The second-order valence-corrected chi connectivity index (χ2v) is 5.11. The molecule has 1 aromatic heterocycles. The molecule has 4 nitrogen and oxygen atoms in total. The first-order valence-corrected chi connectivity index (χ1v) is 7.46. The number of benzene rings is 1. The Morgan fingerprint density at radius 3 is 2.82 bits per heavy atom. The van der Waals surface area contributed by atoms with Gasteiger partial charge in [-0.3, -0.25) is 9.78 Å². The van der Waals surface area contributed by atoms with E-state index >= 15 is 0 Å². The van der Waals surface area contributed by atoms with Gasteiger partial charge in [-0.15, -0.1) is 0 Å². The average molecular weight is 293 g/mol. The van der Waals surface area contributed by atoms with Gasteiger partial charge in [-0.1, -0.05) is 38.0 Å². The predicted octanol–water partition coefficient (Wildman–Crippen LogP) is 3.61. The van der Waals surface area contributed by atoms with E-state index in [-0.39, 0.29) is 11.9 Å². The van der Waals surface area contributed by atoms with Crippen LogP contribution in [0.2, 0.25) is 0 Å². The fraction of sp³-hybridized carbons (Fsp3) is 0.278. The third-order valence-corrected chi connectivity index (χ3v) is 3.53. The summed E-state index contributed by atoms with van der Waals surface area (Å²) in [6.07, 6.45) is 6.41. The Labute approximate surface area is 130 Å². The molecule has 4 heteroatoms. The van der Waals surface area contributed by atoms with Crippen molar-refractivity contribution in [3.8, 4) is 6.07 Å². The second kappa shape index (κ2) is 7.94. The van der Waals surface area contributed by atoms with Gasteiger partial charge in [0.1, 0.15) is 0 Å². The van der Waals surface area contributed by atoms with Gasteiger partial charge >= 0.3 is 0 Å². The minimum Gasteiger partial charge on any atom is -0.345 e. The van der Waals surface area contributed by atoms with E-state index in [9.17, 15) is 4.79 Å². The number of hydrogen-bond donors (Lipinski definition) is 1. The highest BCUT2D eigenvalue weighted by atomic mass is 16.1. The third kappa shape index (κ3) is 3.92. The number of nitriles is 1. The van der Waals surface area contributed by atoms with E-state index in [1.54, 1.807) is 36.7 Å². The minimum atomic E-state index is -0.220. The Bertz CT molecular complexity index is 662. The first kappa shape index (κ1) is 15.7. The lowest BCUT2D eigenvalue weighted by atomic mass is 10.0. The number of nitrogens with zero attached hydrogens (tertiary/aromatic N) is 2. The van der Waals surface area contributed by atoms with Crippen LogP contribution < -0.4 is 5.32 Å². The molecule has 112 valence electrons. The summed E-state index contributed by atoms with van der Waals surface area (Å²) in [6, 6.07) is 12.6. The van der Waals surface area contributed by atoms with Crippen molar-refractivity contribution in [3.05, 3.63) is 65.5 Å². The first-order chi connectivity index (χ1) is 10.8. The van der Waals surface area contributed by atoms with Crippen LogP contribution in [-0.2, 0) is 0 Å². The molecule has 0 saturated heterocycles. The maximum Gasteiger partial charge on any atom is 0.253 e. The quantitative estimate of drug-likeness (QED) is 0.884. The molecule has 2 rings (SSSR count). The van der Waals surface area contributed by atoms with Crippen LogP contribution in [0, 0.1) is 11.3 Å². The van der Waals surface area contributed by atoms with Gasteiger partial charge in [0.15, 0.2) is 0 Å². The predicted molar refractivity (Wildman–Crippen MR) is 85.1 cm³/mol. The zero-order chi connectivity index (χ0) is 15.8. The number of rotatable bonds is 6. The molecule has 1 heterocycles. The normalized spacial score (nSPS) is 11.5.